The third-order valence-electron chi connectivity index (χ3n) is 2.43. The van der Waals surface area contributed by atoms with Crippen LogP contribution < -0.4 is 11.3 Å². The zero-order valence-electron chi connectivity index (χ0n) is 10.6. The highest BCUT2D eigenvalue weighted by Gasteiger charge is 2.31. The molecule has 0 fully saturated rings. The molecule has 0 spiro atoms. The quantitative estimate of drug-likeness (QED) is 0.318. The lowest BCUT2D eigenvalue weighted by Gasteiger charge is -2.16. The van der Waals surface area contributed by atoms with Crippen molar-refractivity contribution in [2.24, 2.45) is 5.84 Å². The summed E-state index contributed by atoms with van der Waals surface area (Å²) in [5.74, 6) is 5.11. The zero-order valence-corrected chi connectivity index (χ0v) is 11.4. The molecule has 1 rings (SSSR count). The van der Waals surface area contributed by atoms with Gasteiger partial charge in [-0.25, -0.2) is 8.42 Å². The highest BCUT2D eigenvalue weighted by Crippen LogP contribution is 2.29. The molecule has 0 aromatic heterocycles. The summed E-state index contributed by atoms with van der Waals surface area (Å²) in [5.41, 5.74) is 1.61. The van der Waals surface area contributed by atoms with Crippen LogP contribution in [0.5, 0.6) is 0 Å². The number of hydrazine groups is 1. The summed E-state index contributed by atoms with van der Waals surface area (Å²) in [6, 6.07) is 6.36. The van der Waals surface area contributed by atoms with E-state index in [9.17, 15) is 18.5 Å². The number of sulfonamides is 1. The molecule has 10 nitrogen and oxygen atoms in total. The zero-order chi connectivity index (χ0) is 16.0. The number of anilines is 1. The van der Waals surface area contributed by atoms with Gasteiger partial charge in [-0.1, -0.05) is 0 Å². The maximum atomic E-state index is 12.3. The minimum Gasteiger partial charge on any atom is -0.324 e. The number of hydrogen-bond donors (Lipinski definition) is 2. The van der Waals surface area contributed by atoms with Crippen LogP contribution >= 0.6 is 0 Å². The first-order valence-electron chi connectivity index (χ1n) is 5.37. The third kappa shape index (κ3) is 3.43. The fourth-order valence-corrected chi connectivity index (χ4v) is 2.86. The molecule has 0 aliphatic carbocycles. The molecule has 0 unspecified atom stereocenters. The SMILES string of the molecule is N#CCN(CC#N)S(=O)(=O)c1ccc(NN)cc1[N+](=O)[O-]. The van der Waals surface area contributed by atoms with Crippen LogP contribution in [0.1, 0.15) is 0 Å². The minimum absolute atomic E-state index is 0.146. The Labute approximate surface area is 120 Å². The van der Waals surface area contributed by atoms with Gasteiger partial charge in [0.1, 0.15) is 13.1 Å². The molecule has 3 N–H and O–H groups in total. The van der Waals surface area contributed by atoms with Crippen molar-refractivity contribution < 1.29 is 13.3 Å². The van der Waals surface area contributed by atoms with E-state index in [0.29, 0.717) is 4.31 Å². The van der Waals surface area contributed by atoms with Gasteiger partial charge in [-0.05, 0) is 12.1 Å². The van der Waals surface area contributed by atoms with Gasteiger partial charge < -0.3 is 5.43 Å². The summed E-state index contributed by atoms with van der Waals surface area (Å²) in [4.78, 5) is 9.50. The summed E-state index contributed by atoms with van der Waals surface area (Å²) >= 11 is 0. The van der Waals surface area contributed by atoms with Crippen LogP contribution in [0.4, 0.5) is 11.4 Å². The van der Waals surface area contributed by atoms with Crippen LogP contribution in [0.25, 0.3) is 0 Å². The van der Waals surface area contributed by atoms with Crippen molar-refractivity contribution >= 4 is 21.4 Å². The van der Waals surface area contributed by atoms with Gasteiger partial charge in [0.25, 0.3) is 15.7 Å². The second-order valence-corrected chi connectivity index (χ2v) is 5.58. The molecule has 0 bridgehead atoms. The number of nitrogens with one attached hydrogen (secondary N) is 1. The Morgan fingerprint density at radius 1 is 1.33 bits per heavy atom. The molecule has 0 radical (unpaired) electrons. The fraction of sp³-hybridized carbons (Fsp3) is 0.200. The van der Waals surface area contributed by atoms with Crippen LogP contribution in [0, 0.1) is 32.8 Å². The van der Waals surface area contributed by atoms with Crippen molar-refractivity contribution in [3.8, 4) is 12.1 Å². The van der Waals surface area contributed by atoms with E-state index in [4.69, 9.17) is 16.4 Å². The van der Waals surface area contributed by atoms with Crippen molar-refractivity contribution in [1.29, 1.82) is 10.5 Å². The first kappa shape index (κ1) is 16.3. The number of rotatable bonds is 6. The van der Waals surface area contributed by atoms with Crippen LogP contribution in [0.15, 0.2) is 23.1 Å². The van der Waals surface area contributed by atoms with Crippen molar-refractivity contribution in [1.82, 2.24) is 4.31 Å². The first-order chi connectivity index (χ1) is 9.88. The molecule has 0 saturated carbocycles. The van der Waals surface area contributed by atoms with Crippen LogP contribution in [-0.4, -0.2) is 30.7 Å². The van der Waals surface area contributed by atoms with Gasteiger partial charge in [-0.15, -0.1) is 0 Å². The predicted octanol–water partition coefficient (Wildman–Crippen LogP) is -0.0817. The Morgan fingerprint density at radius 2 is 1.90 bits per heavy atom. The molecule has 1 aromatic carbocycles. The van der Waals surface area contributed by atoms with E-state index in [-0.39, 0.29) is 5.69 Å². The van der Waals surface area contributed by atoms with E-state index in [2.05, 4.69) is 5.43 Å². The maximum Gasteiger partial charge on any atom is 0.291 e. The topological polar surface area (TPSA) is 166 Å². The summed E-state index contributed by atoms with van der Waals surface area (Å²) in [6.07, 6.45) is 0. The summed E-state index contributed by atoms with van der Waals surface area (Å²) in [5, 5.41) is 28.2. The van der Waals surface area contributed by atoms with Gasteiger partial charge in [-0.3, -0.25) is 16.0 Å². The number of nitro benzene ring substituents is 1. The van der Waals surface area contributed by atoms with Crippen molar-refractivity contribution in [2.75, 3.05) is 18.5 Å². The van der Waals surface area contributed by atoms with Crippen LogP contribution in [0.2, 0.25) is 0 Å². The standard InChI is InChI=1S/C10H10N6O4S/c11-3-5-15(6-4-12)21(19,20)10-2-1-8(14-13)7-9(10)16(17)18/h1-2,7,14H,5-6,13H2. The Balaban J connectivity index is 3.47. The van der Waals surface area contributed by atoms with E-state index in [1.54, 1.807) is 12.1 Å². The molecule has 21 heavy (non-hydrogen) atoms. The molecule has 0 heterocycles. The van der Waals surface area contributed by atoms with Gasteiger partial charge in [-0.2, -0.15) is 14.8 Å². The number of nitrogens with zero attached hydrogens (tertiary/aromatic N) is 4. The Bertz CT molecular complexity index is 717. The molecule has 0 amide bonds. The second-order valence-electron chi connectivity index (χ2n) is 3.67. The lowest BCUT2D eigenvalue weighted by molar-refractivity contribution is -0.387. The Hall–Kier alpha value is -2.73. The normalized spacial score (nSPS) is 10.7. The maximum absolute atomic E-state index is 12.3. The van der Waals surface area contributed by atoms with E-state index in [1.165, 1.54) is 6.07 Å². The average molecular weight is 310 g/mol. The van der Waals surface area contributed by atoms with Gasteiger partial charge in [0, 0.05) is 6.07 Å². The number of hydrogen-bond acceptors (Lipinski definition) is 8. The van der Waals surface area contributed by atoms with E-state index in [0.717, 1.165) is 12.1 Å². The minimum atomic E-state index is -4.35. The number of nitrogen functional groups attached to an aromatic ring is 1. The molecular weight excluding hydrogens is 300 g/mol. The molecule has 1 aromatic rings. The van der Waals surface area contributed by atoms with E-state index in [1.807, 2.05) is 0 Å². The molecule has 11 heteroatoms. The van der Waals surface area contributed by atoms with Crippen molar-refractivity contribution in [3.63, 3.8) is 0 Å². The van der Waals surface area contributed by atoms with Crippen molar-refractivity contribution in [3.05, 3.63) is 28.3 Å². The average Bonchev–Trinajstić information content (AvgIpc) is 2.46. The predicted molar refractivity (Wildman–Crippen MR) is 70.9 cm³/mol. The number of nitrogens with two attached hydrogens (primary N) is 1. The number of nitro groups is 1. The Kier molecular flexibility index (Phi) is 5.15. The molecule has 110 valence electrons. The third-order valence-corrected chi connectivity index (χ3v) is 4.27. The van der Waals surface area contributed by atoms with Gasteiger partial charge >= 0.3 is 0 Å². The van der Waals surface area contributed by atoms with Gasteiger partial charge in [0.05, 0.1) is 22.7 Å². The molecule has 0 aliphatic rings. The van der Waals surface area contributed by atoms with Crippen LogP contribution in [-0.2, 0) is 10.0 Å². The summed E-state index contributed by atoms with van der Waals surface area (Å²) in [6.45, 7) is -1.19. The number of nitriles is 2. The summed E-state index contributed by atoms with van der Waals surface area (Å²) < 4.78 is 25.2. The van der Waals surface area contributed by atoms with Gasteiger partial charge in [0.15, 0.2) is 4.90 Å². The summed E-state index contributed by atoms with van der Waals surface area (Å²) in [7, 11) is -4.35. The second kappa shape index (κ2) is 6.62. The van der Waals surface area contributed by atoms with E-state index < -0.39 is 38.6 Å². The number of benzene rings is 1. The fourth-order valence-electron chi connectivity index (χ4n) is 1.49. The molecule has 0 atom stereocenters. The highest BCUT2D eigenvalue weighted by atomic mass is 32.2. The largest absolute Gasteiger partial charge is 0.324 e. The first-order valence-corrected chi connectivity index (χ1v) is 6.81. The lowest BCUT2D eigenvalue weighted by Crippen LogP contribution is -2.32. The van der Waals surface area contributed by atoms with Crippen LogP contribution in [0.3, 0.4) is 0 Å². The molecule has 0 saturated heterocycles. The molecule has 0 aliphatic heterocycles. The van der Waals surface area contributed by atoms with Gasteiger partial charge in [0.2, 0.25) is 0 Å². The van der Waals surface area contributed by atoms with Crippen molar-refractivity contribution in [2.45, 2.75) is 4.90 Å². The Morgan fingerprint density at radius 3 is 2.33 bits per heavy atom. The highest BCUT2D eigenvalue weighted by molar-refractivity contribution is 7.89. The lowest BCUT2D eigenvalue weighted by atomic mass is 10.3. The monoisotopic (exact) mass is 310 g/mol. The van der Waals surface area contributed by atoms with E-state index >= 15 is 0 Å². The molecular formula is C10H10N6O4S. The smallest absolute Gasteiger partial charge is 0.291 e.